The van der Waals surface area contributed by atoms with Crippen molar-refractivity contribution in [2.24, 2.45) is 5.16 Å². The Bertz CT molecular complexity index is 676. The van der Waals surface area contributed by atoms with Crippen molar-refractivity contribution in [2.45, 2.75) is 26.3 Å². The maximum atomic E-state index is 11.5. The van der Waals surface area contributed by atoms with Crippen molar-refractivity contribution in [1.82, 2.24) is 5.32 Å². The molecule has 0 aromatic heterocycles. The standard InChI is InChI=1S/C18H20N2O3/c1-18(2,3)20-17(21)23-19-13-14-8-7-11-16(12-14)22-15-9-5-4-6-10-15/h4-13H,1-3H3,(H,20,21)/b19-13+. The molecule has 0 unspecified atom stereocenters. The summed E-state index contributed by atoms with van der Waals surface area (Å²) in [6, 6.07) is 16.8. The van der Waals surface area contributed by atoms with Crippen molar-refractivity contribution in [3.8, 4) is 11.5 Å². The first-order valence-corrected chi connectivity index (χ1v) is 7.28. The molecule has 0 aliphatic carbocycles. The number of hydrogen-bond acceptors (Lipinski definition) is 4. The molecule has 1 amide bonds. The Morgan fingerprint density at radius 3 is 2.43 bits per heavy atom. The molecule has 2 rings (SSSR count). The molecule has 1 N–H and O–H groups in total. The van der Waals surface area contributed by atoms with E-state index in [1.54, 1.807) is 0 Å². The summed E-state index contributed by atoms with van der Waals surface area (Å²) in [6.07, 6.45) is 0.866. The van der Waals surface area contributed by atoms with Crippen molar-refractivity contribution in [3.05, 3.63) is 60.2 Å². The molecule has 0 spiro atoms. The molecule has 0 aliphatic rings. The van der Waals surface area contributed by atoms with Crippen LogP contribution in [0.4, 0.5) is 4.79 Å². The lowest BCUT2D eigenvalue weighted by Crippen LogP contribution is -2.40. The summed E-state index contributed by atoms with van der Waals surface area (Å²) in [5.41, 5.74) is 0.401. The maximum absolute atomic E-state index is 11.5. The van der Waals surface area contributed by atoms with E-state index in [1.807, 2.05) is 75.4 Å². The minimum absolute atomic E-state index is 0.365. The third-order valence-electron chi connectivity index (χ3n) is 2.65. The first-order valence-electron chi connectivity index (χ1n) is 7.28. The highest BCUT2D eigenvalue weighted by Crippen LogP contribution is 2.21. The molecule has 0 fully saturated rings. The normalized spacial score (nSPS) is 11.3. The monoisotopic (exact) mass is 312 g/mol. The van der Waals surface area contributed by atoms with Crippen molar-refractivity contribution in [3.63, 3.8) is 0 Å². The van der Waals surface area contributed by atoms with Gasteiger partial charge in [0.25, 0.3) is 0 Å². The van der Waals surface area contributed by atoms with Crippen LogP contribution in [0.25, 0.3) is 0 Å². The van der Waals surface area contributed by atoms with Gasteiger partial charge in [-0.15, -0.1) is 0 Å². The molecule has 0 radical (unpaired) electrons. The zero-order chi connectivity index (χ0) is 16.7. The number of carbonyl (C=O) groups excluding carboxylic acids is 1. The van der Waals surface area contributed by atoms with Gasteiger partial charge in [-0.05, 0) is 50.6 Å². The molecule has 0 bridgehead atoms. The van der Waals surface area contributed by atoms with Crippen LogP contribution in [0, 0.1) is 0 Å². The van der Waals surface area contributed by atoms with Crippen LogP contribution in [0.1, 0.15) is 26.3 Å². The minimum atomic E-state index is -0.592. The Balaban J connectivity index is 1.95. The number of nitrogens with zero attached hydrogens (tertiary/aromatic N) is 1. The summed E-state index contributed by atoms with van der Waals surface area (Å²) in [4.78, 5) is 16.2. The summed E-state index contributed by atoms with van der Waals surface area (Å²) in [6.45, 7) is 5.59. The summed E-state index contributed by atoms with van der Waals surface area (Å²) in [7, 11) is 0. The quantitative estimate of drug-likeness (QED) is 0.519. The van der Waals surface area contributed by atoms with Crippen LogP contribution in [-0.4, -0.2) is 17.8 Å². The molecular formula is C18H20N2O3. The first kappa shape index (κ1) is 16.5. The molecule has 2 aromatic rings. The second kappa shape index (κ2) is 7.45. The lowest BCUT2D eigenvalue weighted by Gasteiger charge is -2.18. The Morgan fingerprint density at radius 1 is 1.04 bits per heavy atom. The molecule has 5 heteroatoms. The third kappa shape index (κ3) is 6.22. The van der Waals surface area contributed by atoms with Crippen LogP contribution < -0.4 is 10.1 Å². The van der Waals surface area contributed by atoms with Crippen LogP contribution in [0.3, 0.4) is 0 Å². The number of nitrogens with one attached hydrogen (secondary N) is 1. The zero-order valence-corrected chi connectivity index (χ0v) is 13.4. The number of benzene rings is 2. The van der Waals surface area contributed by atoms with E-state index in [9.17, 15) is 4.79 Å². The number of amides is 1. The van der Waals surface area contributed by atoms with E-state index in [0.29, 0.717) is 5.75 Å². The van der Waals surface area contributed by atoms with Crippen LogP contribution >= 0.6 is 0 Å². The number of ether oxygens (including phenoxy) is 1. The van der Waals surface area contributed by atoms with Gasteiger partial charge in [0.05, 0.1) is 6.21 Å². The lowest BCUT2D eigenvalue weighted by molar-refractivity contribution is 0.142. The second-order valence-electron chi connectivity index (χ2n) is 5.98. The lowest BCUT2D eigenvalue weighted by atomic mass is 10.1. The summed E-state index contributed by atoms with van der Waals surface area (Å²) in [5.74, 6) is 1.43. The van der Waals surface area contributed by atoms with Gasteiger partial charge in [-0.1, -0.05) is 35.5 Å². The number of carbonyl (C=O) groups is 1. The molecular weight excluding hydrogens is 292 g/mol. The average molecular weight is 312 g/mol. The topological polar surface area (TPSA) is 59.9 Å². The Kier molecular flexibility index (Phi) is 5.36. The highest BCUT2D eigenvalue weighted by Gasteiger charge is 2.14. The van der Waals surface area contributed by atoms with E-state index in [2.05, 4.69) is 10.5 Å². The zero-order valence-electron chi connectivity index (χ0n) is 13.4. The highest BCUT2D eigenvalue weighted by molar-refractivity contribution is 5.80. The highest BCUT2D eigenvalue weighted by atomic mass is 16.7. The van der Waals surface area contributed by atoms with E-state index in [0.717, 1.165) is 11.3 Å². The molecule has 0 saturated carbocycles. The Labute approximate surface area is 135 Å². The fourth-order valence-corrected chi connectivity index (χ4v) is 1.75. The number of oxime groups is 1. The molecule has 0 saturated heterocycles. The van der Waals surface area contributed by atoms with E-state index in [4.69, 9.17) is 9.57 Å². The van der Waals surface area contributed by atoms with Crippen LogP contribution in [-0.2, 0) is 4.84 Å². The summed E-state index contributed by atoms with van der Waals surface area (Å²) in [5, 5.41) is 6.33. The van der Waals surface area contributed by atoms with E-state index in [-0.39, 0.29) is 5.54 Å². The minimum Gasteiger partial charge on any atom is -0.457 e. The smallest absolute Gasteiger partial charge is 0.433 e. The second-order valence-corrected chi connectivity index (χ2v) is 5.98. The fraction of sp³-hybridized carbons (Fsp3) is 0.222. The number of hydrogen-bond donors (Lipinski definition) is 1. The summed E-state index contributed by atoms with van der Waals surface area (Å²) < 4.78 is 5.73. The van der Waals surface area contributed by atoms with Crippen molar-refractivity contribution in [2.75, 3.05) is 0 Å². The SMILES string of the molecule is CC(C)(C)NC(=O)O/N=C/c1cccc(Oc2ccccc2)c1. The third-order valence-corrected chi connectivity index (χ3v) is 2.65. The number of para-hydroxylation sites is 1. The van der Waals surface area contributed by atoms with Gasteiger partial charge >= 0.3 is 6.09 Å². The van der Waals surface area contributed by atoms with Gasteiger partial charge < -0.3 is 10.1 Å². The molecule has 23 heavy (non-hydrogen) atoms. The molecule has 0 aliphatic heterocycles. The van der Waals surface area contributed by atoms with Gasteiger partial charge in [0.2, 0.25) is 0 Å². The average Bonchev–Trinajstić information content (AvgIpc) is 2.47. The Hall–Kier alpha value is -2.82. The van der Waals surface area contributed by atoms with Crippen LogP contribution in [0.5, 0.6) is 11.5 Å². The first-order chi connectivity index (χ1) is 10.9. The van der Waals surface area contributed by atoms with Gasteiger partial charge in [0, 0.05) is 5.54 Å². The van der Waals surface area contributed by atoms with Crippen LogP contribution in [0.2, 0.25) is 0 Å². The van der Waals surface area contributed by atoms with Crippen molar-refractivity contribution < 1.29 is 14.4 Å². The maximum Gasteiger partial charge on any atom is 0.433 e. The van der Waals surface area contributed by atoms with E-state index in [1.165, 1.54) is 6.21 Å². The van der Waals surface area contributed by atoms with Gasteiger partial charge in [-0.25, -0.2) is 4.79 Å². The Morgan fingerprint density at radius 2 is 1.74 bits per heavy atom. The fourth-order valence-electron chi connectivity index (χ4n) is 1.75. The van der Waals surface area contributed by atoms with Gasteiger partial charge in [-0.3, -0.25) is 4.84 Å². The predicted molar refractivity (Wildman–Crippen MR) is 89.9 cm³/mol. The molecule has 5 nitrogen and oxygen atoms in total. The molecule has 0 atom stereocenters. The predicted octanol–water partition coefficient (Wildman–Crippen LogP) is 4.34. The van der Waals surface area contributed by atoms with E-state index < -0.39 is 6.09 Å². The largest absolute Gasteiger partial charge is 0.457 e. The van der Waals surface area contributed by atoms with Gasteiger partial charge in [-0.2, -0.15) is 0 Å². The van der Waals surface area contributed by atoms with Crippen molar-refractivity contribution >= 4 is 12.3 Å². The summed E-state index contributed by atoms with van der Waals surface area (Å²) >= 11 is 0. The molecule has 120 valence electrons. The van der Waals surface area contributed by atoms with Crippen LogP contribution in [0.15, 0.2) is 59.8 Å². The van der Waals surface area contributed by atoms with Gasteiger partial charge in [0.15, 0.2) is 0 Å². The number of rotatable bonds is 4. The van der Waals surface area contributed by atoms with Crippen molar-refractivity contribution in [1.29, 1.82) is 0 Å². The molecule has 0 heterocycles. The van der Waals surface area contributed by atoms with E-state index >= 15 is 0 Å². The molecule has 2 aromatic carbocycles. The van der Waals surface area contributed by atoms with Gasteiger partial charge in [0.1, 0.15) is 11.5 Å².